The van der Waals surface area contributed by atoms with Crippen molar-refractivity contribution in [1.82, 2.24) is 4.98 Å². The zero-order valence-electron chi connectivity index (χ0n) is 15.1. The Morgan fingerprint density at radius 3 is 2.54 bits per heavy atom. The van der Waals surface area contributed by atoms with Gasteiger partial charge in [0.2, 0.25) is 0 Å². The minimum Gasteiger partial charge on any atom is -0.371 e. The minimum atomic E-state index is -0.182. The van der Waals surface area contributed by atoms with Gasteiger partial charge >= 0.3 is 0 Å². The molecule has 1 saturated heterocycles. The highest BCUT2D eigenvalue weighted by molar-refractivity contribution is 5.93. The highest BCUT2D eigenvalue weighted by atomic mass is 19.1. The molecule has 0 amide bonds. The molecule has 2 nitrogen and oxygen atoms in total. The Balaban J connectivity index is 1.66. The van der Waals surface area contributed by atoms with E-state index in [9.17, 15) is 4.39 Å². The van der Waals surface area contributed by atoms with Crippen molar-refractivity contribution in [2.24, 2.45) is 0 Å². The largest absolute Gasteiger partial charge is 0.371 e. The molecule has 0 N–H and O–H groups in total. The van der Waals surface area contributed by atoms with Gasteiger partial charge < -0.3 is 4.90 Å². The fraction of sp³-hybridized carbons (Fsp3) is 0.261. The average Bonchev–Trinajstić information content (AvgIpc) is 2.69. The van der Waals surface area contributed by atoms with Gasteiger partial charge in [-0.05, 0) is 60.9 Å². The molecule has 0 atom stereocenters. The molecule has 1 aliphatic rings. The lowest BCUT2D eigenvalue weighted by atomic mass is 10.0. The molecule has 4 rings (SSSR count). The van der Waals surface area contributed by atoms with Crippen LogP contribution in [0.3, 0.4) is 0 Å². The average molecular weight is 346 g/mol. The van der Waals surface area contributed by atoms with E-state index in [0.29, 0.717) is 5.39 Å². The van der Waals surface area contributed by atoms with E-state index in [-0.39, 0.29) is 5.82 Å². The first-order chi connectivity index (χ1) is 12.7. The topological polar surface area (TPSA) is 16.1 Å². The van der Waals surface area contributed by atoms with Crippen LogP contribution in [0, 0.1) is 12.7 Å². The van der Waals surface area contributed by atoms with Crippen LogP contribution in [0.4, 0.5) is 10.1 Å². The number of rotatable bonds is 3. The summed E-state index contributed by atoms with van der Waals surface area (Å²) in [5.41, 5.74) is 4.44. The molecule has 0 unspecified atom stereocenters. The number of benzene rings is 2. The number of fused-ring (bicyclic) bond motifs is 1. The number of aromatic nitrogens is 1. The molecule has 1 aromatic heterocycles. The van der Waals surface area contributed by atoms with Crippen LogP contribution in [0.15, 0.2) is 48.7 Å². The Morgan fingerprint density at radius 1 is 0.962 bits per heavy atom. The van der Waals surface area contributed by atoms with Crippen LogP contribution in [0.1, 0.15) is 36.1 Å². The van der Waals surface area contributed by atoms with Gasteiger partial charge in [0.1, 0.15) is 5.82 Å². The maximum atomic E-state index is 14.0. The molecule has 2 heterocycles. The molecule has 1 fully saturated rings. The van der Waals surface area contributed by atoms with Crippen molar-refractivity contribution >= 4 is 28.6 Å². The van der Waals surface area contributed by atoms with Crippen LogP contribution >= 0.6 is 0 Å². The molecular weight excluding hydrogens is 323 g/mol. The maximum Gasteiger partial charge on any atom is 0.131 e. The number of anilines is 1. The Morgan fingerprint density at radius 2 is 1.73 bits per heavy atom. The molecule has 3 aromatic rings. The second kappa shape index (κ2) is 7.28. The summed E-state index contributed by atoms with van der Waals surface area (Å²) in [6.07, 6.45) is 9.84. The lowest BCUT2D eigenvalue weighted by Gasteiger charge is -2.30. The quantitative estimate of drug-likeness (QED) is 0.592. The molecule has 0 bridgehead atoms. The van der Waals surface area contributed by atoms with Crippen LogP contribution in [0.5, 0.6) is 0 Å². The molecule has 1 aliphatic heterocycles. The summed E-state index contributed by atoms with van der Waals surface area (Å²) in [6.45, 7) is 4.37. The SMILES string of the molecule is Cc1cnc(/C=C/c2ccc(F)c3ccccc23)cc1N1CCCCC1. The van der Waals surface area contributed by atoms with E-state index in [1.807, 2.05) is 48.7 Å². The number of piperidine rings is 1. The summed E-state index contributed by atoms with van der Waals surface area (Å²) in [4.78, 5) is 7.02. The predicted molar refractivity (Wildman–Crippen MR) is 108 cm³/mol. The van der Waals surface area contributed by atoms with Crippen LogP contribution in [0.2, 0.25) is 0 Å². The summed E-state index contributed by atoms with van der Waals surface area (Å²) < 4.78 is 14.0. The minimum absolute atomic E-state index is 0.182. The van der Waals surface area contributed by atoms with Gasteiger partial charge in [0.25, 0.3) is 0 Å². The van der Waals surface area contributed by atoms with Gasteiger partial charge in [0, 0.05) is 30.4 Å². The van der Waals surface area contributed by atoms with Gasteiger partial charge in [-0.25, -0.2) is 4.39 Å². The number of halogens is 1. The van der Waals surface area contributed by atoms with Gasteiger partial charge in [-0.1, -0.05) is 36.4 Å². The third-order valence-electron chi connectivity index (χ3n) is 5.13. The Bertz CT molecular complexity index is 956. The first-order valence-electron chi connectivity index (χ1n) is 9.29. The highest BCUT2D eigenvalue weighted by Crippen LogP contribution is 2.26. The number of hydrogen-bond acceptors (Lipinski definition) is 2. The Labute approximate surface area is 154 Å². The molecule has 0 saturated carbocycles. The van der Waals surface area contributed by atoms with E-state index in [1.165, 1.54) is 36.6 Å². The molecular formula is C23H23FN2. The molecule has 26 heavy (non-hydrogen) atoms. The normalized spacial score (nSPS) is 15.1. The van der Waals surface area contributed by atoms with E-state index in [2.05, 4.69) is 22.9 Å². The standard InChI is InChI=1S/C23H23FN2/c1-17-16-25-19(15-23(17)26-13-5-2-6-14-26)11-9-18-10-12-22(24)21-8-4-3-7-20(18)21/h3-4,7-12,15-16H,2,5-6,13-14H2,1H3/b11-9+. The van der Waals surface area contributed by atoms with Crippen molar-refractivity contribution in [3.63, 3.8) is 0 Å². The first kappa shape index (κ1) is 16.8. The smallest absolute Gasteiger partial charge is 0.131 e. The van der Waals surface area contributed by atoms with Crippen LogP contribution in [-0.4, -0.2) is 18.1 Å². The van der Waals surface area contributed by atoms with Crippen molar-refractivity contribution in [2.45, 2.75) is 26.2 Å². The number of hydrogen-bond donors (Lipinski definition) is 0. The number of nitrogens with zero attached hydrogens (tertiary/aromatic N) is 2. The van der Waals surface area contributed by atoms with E-state index in [4.69, 9.17) is 0 Å². The van der Waals surface area contributed by atoms with Crippen molar-refractivity contribution in [3.05, 3.63) is 71.3 Å². The van der Waals surface area contributed by atoms with E-state index in [0.717, 1.165) is 29.7 Å². The van der Waals surface area contributed by atoms with E-state index >= 15 is 0 Å². The summed E-state index contributed by atoms with van der Waals surface area (Å²) in [5.74, 6) is -0.182. The van der Waals surface area contributed by atoms with Crippen LogP contribution in [0.25, 0.3) is 22.9 Å². The molecule has 0 spiro atoms. The zero-order valence-corrected chi connectivity index (χ0v) is 15.1. The van der Waals surface area contributed by atoms with Crippen molar-refractivity contribution in [1.29, 1.82) is 0 Å². The van der Waals surface area contributed by atoms with E-state index < -0.39 is 0 Å². The lowest BCUT2D eigenvalue weighted by molar-refractivity contribution is 0.577. The van der Waals surface area contributed by atoms with Gasteiger partial charge in [0.15, 0.2) is 0 Å². The monoisotopic (exact) mass is 346 g/mol. The molecule has 2 aromatic carbocycles. The predicted octanol–water partition coefficient (Wildman–Crippen LogP) is 5.84. The van der Waals surface area contributed by atoms with Crippen LogP contribution < -0.4 is 4.90 Å². The Hall–Kier alpha value is -2.68. The molecule has 0 aliphatic carbocycles. The van der Waals surface area contributed by atoms with Gasteiger partial charge in [-0.15, -0.1) is 0 Å². The molecule has 0 radical (unpaired) electrons. The first-order valence-corrected chi connectivity index (χ1v) is 9.29. The Kier molecular flexibility index (Phi) is 4.70. The molecule has 3 heteroatoms. The second-order valence-electron chi connectivity index (χ2n) is 6.96. The maximum absolute atomic E-state index is 14.0. The fourth-order valence-corrected chi connectivity index (χ4v) is 3.70. The zero-order chi connectivity index (χ0) is 17.9. The van der Waals surface area contributed by atoms with Gasteiger partial charge in [-0.2, -0.15) is 0 Å². The highest BCUT2D eigenvalue weighted by Gasteiger charge is 2.13. The molecule has 132 valence electrons. The van der Waals surface area contributed by atoms with Gasteiger partial charge in [-0.3, -0.25) is 4.98 Å². The third-order valence-corrected chi connectivity index (χ3v) is 5.13. The van der Waals surface area contributed by atoms with Crippen molar-refractivity contribution in [2.75, 3.05) is 18.0 Å². The summed E-state index contributed by atoms with van der Waals surface area (Å²) >= 11 is 0. The summed E-state index contributed by atoms with van der Waals surface area (Å²) in [5, 5.41) is 1.58. The summed E-state index contributed by atoms with van der Waals surface area (Å²) in [7, 11) is 0. The lowest BCUT2D eigenvalue weighted by Crippen LogP contribution is -2.30. The van der Waals surface area contributed by atoms with Gasteiger partial charge in [0.05, 0.1) is 5.69 Å². The number of pyridine rings is 1. The second-order valence-corrected chi connectivity index (χ2v) is 6.96. The van der Waals surface area contributed by atoms with Crippen molar-refractivity contribution in [3.8, 4) is 0 Å². The summed E-state index contributed by atoms with van der Waals surface area (Å²) in [6, 6.07) is 13.1. The third kappa shape index (κ3) is 3.34. The fourth-order valence-electron chi connectivity index (χ4n) is 3.70. The van der Waals surface area contributed by atoms with E-state index in [1.54, 1.807) is 0 Å². The number of aryl methyl sites for hydroxylation is 1. The van der Waals surface area contributed by atoms with Crippen molar-refractivity contribution < 1.29 is 4.39 Å². The van der Waals surface area contributed by atoms with Crippen LogP contribution in [-0.2, 0) is 0 Å².